The molecule has 0 spiro atoms. The first-order chi connectivity index (χ1) is 10.7. The maximum atomic E-state index is 14.4. The highest BCUT2D eigenvalue weighted by molar-refractivity contribution is 5.85. The number of piperazine rings is 1. The molecule has 0 aliphatic carbocycles. The van der Waals surface area contributed by atoms with Crippen molar-refractivity contribution in [2.45, 2.75) is 26.1 Å². The van der Waals surface area contributed by atoms with E-state index in [4.69, 9.17) is 0 Å². The molecule has 0 saturated carbocycles. The first-order valence-electron chi connectivity index (χ1n) is 7.59. The van der Waals surface area contributed by atoms with E-state index in [1.165, 1.54) is 6.07 Å². The Bertz CT molecular complexity index is 545. The number of benzene rings is 1. The lowest BCUT2D eigenvalue weighted by Gasteiger charge is -2.43. The molecule has 1 aliphatic rings. The highest BCUT2D eigenvalue weighted by Gasteiger charge is 2.38. The van der Waals surface area contributed by atoms with Crippen LogP contribution in [0, 0.1) is 11.2 Å². The van der Waals surface area contributed by atoms with Gasteiger partial charge < -0.3 is 10.4 Å². The van der Waals surface area contributed by atoms with Crippen molar-refractivity contribution in [1.82, 2.24) is 10.2 Å². The molecule has 1 aliphatic heterocycles. The third-order valence-corrected chi connectivity index (χ3v) is 4.29. The summed E-state index contributed by atoms with van der Waals surface area (Å²) in [5, 5.41) is 12.9. The first-order valence-corrected chi connectivity index (χ1v) is 7.59. The van der Waals surface area contributed by atoms with E-state index in [2.05, 4.69) is 5.32 Å². The quantitative estimate of drug-likeness (QED) is 0.799. The summed E-state index contributed by atoms with van der Waals surface area (Å²) in [6.07, 6.45) is -4.57. The molecule has 0 aromatic heterocycles. The first kappa shape index (κ1) is 21.2. The van der Waals surface area contributed by atoms with Gasteiger partial charge in [-0.25, -0.2) is 4.39 Å². The summed E-state index contributed by atoms with van der Waals surface area (Å²) >= 11 is 0. The van der Waals surface area contributed by atoms with Gasteiger partial charge in [0.05, 0.1) is 5.56 Å². The molecule has 24 heavy (non-hydrogen) atoms. The lowest BCUT2D eigenvalue weighted by Crippen LogP contribution is -2.49. The van der Waals surface area contributed by atoms with Crippen molar-refractivity contribution in [2.75, 3.05) is 32.8 Å². The fourth-order valence-corrected chi connectivity index (χ4v) is 3.06. The number of halogens is 5. The number of nitrogens with one attached hydrogen (secondary N) is 1. The van der Waals surface area contributed by atoms with Crippen molar-refractivity contribution < 1.29 is 22.7 Å². The van der Waals surface area contributed by atoms with Crippen molar-refractivity contribution in [3.63, 3.8) is 0 Å². The molecule has 138 valence electrons. The van der Waals surface area contributed by atoms with E-state index < -0.39 is 29.0 Å². The van der Waals surface area contributed by atoms with Crippen LogP contribution < -0.4 is 5.32 Å². The second-order valence-corrected chi connectivity index (χ2v) is 6.57. The average Bonchev–Trinajstić information content (AvgIpc) is 2.49. The van der Waals surface area contributed by atoms with Crippen molar-refractivity contribution in [1.29, 1.82) is 0 Å². The number of aliphatic hydroxyl groups excluding tert-OH is 1. The number of hydrogen-bond acceptors (Lipinski definition) is 3. The third kappa shape index (κ3) is 4.59. The normalized spacial score (nSPS) is 18.1. The second-order valence-electron chi connectivity index (χ2n) is 6.57. The van der Waals surface area contributed by atoms with E-state index in [0.29, 0.717) is 19.2 Å². The van der Waals surface area contributed by atoms with E-state index in [-0.39, 0.29) is 24.6 Å². The van der Waals surface area contributed by atoms with Crippen LogP contribution in [0.15, 0.2) is 18.2 Å². The summed E-state index contributed by atoms with van der Waals surface area (Å²) in [5.74, 6) is -0.884. The highest BCUT2D eigenvalue weighted by Crippen LogP contribution is 2.40. The lowest BCUT2D eigenvalue weighted by molar-refractivity contribution is -0.137. The Hall–Kier alpha value is -0.890. The molecular formula is C16H23ClF4N2O. The van der Waals surface area contributed by atoms with Crippen LogP contribution in [0.1, 0.15) is 31.0 Å². The molecule has 2 N–H and O–H groups in total. The molecule has 3 nitrogen and oxygen atoms in total. The number of hydrogen-bond donors (Lipinski definition) is 2. The van der Waals surface area contributed by atoms with Crippen LogP contribution in [0.5, 0.6) is 0 Å². The number of alkyl halides is 3. The molecule has 0 amide bonds. The minimum absolute atomic E-state index is 0. The summed E-state index contributed by atoms with van der Waals surface area (Å²) in [6, 6.07) is 2.15. The molecule has 1 aromatic carbocycles. The summed E-state index contributed by atoms with van der Waals surface area (Å²) in [6.45, 7) is 6.12. The standard InChI is InChI=1S/C16H22F4N2O.ClH/c1-15(2,10-23)14(22-7-5-21-6-8-22)12-4-3-11(9-13(12)17)16(18,19)20;/h3-4,9,14,21,23H,5-8,10H2,1-2H3;1H/t14-;/m0./s1. The maximum Gasteiger partial charge on any atom is 0.416 e. The molecule has 0 radical (unpaired) electrons. The second kappa shape index (κ2) is 7.99. The minimum Gasteiger partial charge on any atom is -0.396 e. The van der Waals surface area contributed by atoms with E-state index >= 15 is 0 Å². The monoisotopic (exact) mass is 370 g/mol. The van der Waals surface area contributed by atoms with Gasteiger partial charge in [-0.1, -0.05) is 19.9 Å². The van der Waals surface area contributed by atoms with Gasteiger partial charge >= 0.3 is 6.18 Å². The van der Waals surface area contributed by atoms with E-state index in [9.17, 15) is 22.7 Å². The van der Waals surface area contributed by atoms with Crippen LogP contribution in [0.3, 0.4) is 0 Å². The van der Waals surface area contributed by atoms with Crippen LogP contribution in [0.4, 0.5) is 17.6 Å². The fraction of sp³-hybridized carbons (Fsp3) is 0.625. The van der Waals surface area contributed by atoms with Crippen LogP contribution in [0.25, 0.3) is 0 Å². The van der Waals surface area contributed by atoms with Crippen molar-refractivity contribution in [2.24, 2.45) is 5.41 Å². The zero-order valence-electron chi connectivity index (χ0n) is 13.7. The summed E-state index contributed by atoms with van der Waals surface area (Å²) in [7, 11) is 0. The average molecular weight is 371 g/mol. The molecule has 1 heterocycles. The van der Waals surface area contributed by atoms with Gasteiger partial charge in [-0.05, 0) is 12.1 Å². The maximum absolute atomic E-state index is 14.4. The molecule has 1 fully saturated rings. The predicted molar refractivity (Wildman–Crippen MR) is 86.7 cm³/mol. The molecule has 1 aromatic rings. The Morgan fingerprint density at radius 3 is 2.25 bits per heavy atom. The van der Waals surface area contributed by atoms with Crippen LogP contribution in [0.2, 0.25) is 0 Å². The van der Waals surface area contributed by atoms with Crippen LogP contribution in [-0.2, 0) is 6.18 Å². The van der Waals surface area contributed by atoms with E-state index in [1.807, 2.05) is 4.90 Å². The summed E-state index contributed by atoms with van der Waals surface area (Å²) in [4.78, 5) is 2.01. The topological polar surface area (TPSA) is 35.5 Å². The van der Waals surface area contributed by atoms with Gasteiger partial charge in [0.25, 0.3) is 0 Å². The molecule has 2 rings (SSSR count). The molecule has 1 atom stereocenters. The Morgan fingerprint density at radius 1 is 1.21 bits per heavy atom. The lowest BCUT2D eigenvalue weighted by atomic mass is 9.79. The predicted octanol–water partition coefficient (Wildman–Crippen LogP) is 3.23. The largest absolute Gasteiger partial charge is 0.416 e. The molecule has 0 unspecified atom stereocenters. The van der Waals surface area contributed by atoms with Gasteiger partial charge in [0.2, 0.25) is 0 Å². The third-order valence-electron chi connectivity index (χ3n) is 4.29. The van der Waals surface area contributed by atoms with E-state index in [1.54, 1.807) is 13.8 Å². The number of aliphatic hydroxyl groups is 1. The molecule has 8 heteroatoms. The molecular weight excluding hydrogens is 348 g/mol. The Balaban J connectivity index is 0.00000288. The Morgan fingerprint density at radius 2 is 1.79 bits per heavy atom. The van der Waals surface area contributed by atoms with Crippen molar-refractivity contribution in [3.8, 4) is 0 Å². The molecule has 1 saturated heterocycles. The van der Waals surface area contributed by atoms with Gasteiger partial charge in [-0.2, -0.15) is 13.2 Å². The Kier molecular flexibility index (Phi) is 7.04. The zero-order valence-corrected chi connectivity index (χ0v) is 14.5. The van der Waals surface area contributed by atoms with Gasteiger partial charge in [-0.15, -0.1) is 12.4 Å². The Labute approximate surface area is 145 Å². The van der Waals surface area contributed by atoms with Crippen LogP contribution in [-0.4, -0.2) is 42.8 Å². The smallest absolute Gasteiger partial charge is 0.396 e. The SMILES string of the molecule is CC(C)(CO)[C@H](c1ccc(C(F)(F)F)cc1F)N1CCNCC1.Cl. The van der Waals surface area contributed by atoms with Gasteiger partial charge in [-0.3, -0.25) is 4.90 Å². The number of rotatable bonds is 4. The van der Waals surface area contributed by atoms with Crippen molar-refractivity contribution >= 4 is 12.4 Å². The number of nitrogens with zero attached hydrogens (tertiary/aromatic N) is 1. The van der Waals surface area contributed by atoms with Crippen LogP contribution >= 0.6 is 12.4 Å². The zero-order chi connectivity index (χ0) is 17.3. The highest BCUT2D eigenvalue weighted by atomic mass is 35.5. The summed E-state index contributed by atoms with van der Waals surface area (Å²) < 4.78 is 52.6. The fourth-order valence-electron chi connectivity index (χ4n) is 3.06. The van der Waals surface area contributed by atoms with E-state index in [0.717, 1.165) is 19.2 Å². The van der Waals surface area contributed by atoms with Gasteiger partial charge in [0.1, 0.15) is 5.82 Å². The molecule has 0 bridgehead atoms. The van der Waals surface area contributed by atoms with Gasteiger partial charge in [0, 0.05) is 49.8 Å². The van der Waals surface area contributed by atoms with Gasteiger partial charge in [0.15, 0.2) is 0 Å². The minimum atomic E-state index is -4.57. The van der Waals surface area contributed by atoms with Crippen molar-refractivity contribution in [3.05, 3.63) is 35.1 Å². The summed E-state index contributed by atoms with van der Waals surface area (Å²) in [5.41, 5.74) is -1.49.